The molecule has 1 aliphatic rings. The number of hydrogen-bond donors (Lipinski definition) is 0. The van der Waals surface area contributed by atoms with Crippen molar-refractivity contribution in [3.05, 3.63) is 69.2 Å². The highest BCUT2D eigenvalue weighted by Gasteiger charge is 2.21. The maximum absolute atomic E-state index is 13.3. The number of fused-ring (bicyclic) bond motifs is 3. The molecule has 9 heteroatoms. The van der Waals surface area contributed by atoms with Gasteiger partial charge in [-0.1, -0.05) is 34.1 Å². The van der Waals surface area contributed by atoms with Gasteiger partial charge in [0.25, 0.3) is 5.56 Å². The number of anilines is 1. The number of thioether (sulfide) groups is 1. The molecule has 0 saturated carbocycles. The summed E-state index contributed by atoms with van der Waals surface area (Å²) in [6.45, 7) is 2.24. The fraction of sp³-hybridized carbons (Fsp3) is 0.238. The van der Waals surface area contributed by atoms with E-state index in [-0.39, 0.29) is 5.56 Å². The van der Waals surface area contributed by atoms with Gasteiger partial charge in [-0.3, -0.25) is 14.3 Å². The summed E-state index contributed by atoms with van der Waals surface area (Å²) < 4.78 is 4.56. The summed E-state index contributed by atoms with van der Waals surface area (Å²) in [4.78, 5) is 19.7. The molecule has 0 unspecified atom stereocenters. The lowest BCUT2D eigenvalue weighted by molar-refractivity contribution is 0.782. The van der Waals surface area contributed by atoms with Crippen LogP contribution in [-0.4, -0.2) is 48.7 Å². The summed E-state index contributed by atoms with van der Waals surface area (Å²) >= 11 is 5.45. The summed E-state index contributed by atoms with van der Waals surface area (Å²) in [6, 6.07) is 9.63. The van der Waals surface area contributed by atoms with Crippen LogP contribution in [0.5, 0.6) is 0 Å². The van der Waals surface area contributed by atoms with Crippen LogP contribution in [0.25, 0.3) is 22.8 Å². The van der Waals surface area contributed by atoms with Gasteiger partial charge in [-0.05, 0) is 29.8 Å². The molecule has 5 rings (SSSR count). The topological polar surface area (TPSA) is 68.3 Å². The van der Waals surface area contributed by atoms with Crippen LogP contribution in [0.4, 0.5) is 5.95 Å². The number of rotatable bonds is 4. The molecule has 0 aliphatic carbocycles. The van der Waals surface area contributed by atoms with Crippen LogP contribution in [0.3, 0.4) is 0 Å². The summed E-state index contributed by atoms with van der Waals surface area (Å²) in [5.74, 6) is 3.47. The molecule has 4 aromatic rings. The molecule has 152 valence electrons. The van der Waals surface area contributed by atoms with Crippen molar-refractivity contribution in [2.45, 2.75) is 6.54 Å². The Bertz CT molecular complexity index is 1290. The Balaban J connectivity index is 1.67. The maximum Gasteiger partial charge on any atom is 0.263 e. The molecule has 0 amide bonds. The van der Waals surface area contributed by atoms with Crippen molar-refractivity contribution < 1.29 is 0 Å². The zero-order valence-corrected chi connectivity index (χ0v) is 18.5. The van der Waals surface area contributed by atoms with E-state index in [0.29, 0.717) is 17.7 Å². The Morgan fingerprint density at radius 2 is 2.03 bits per heavy atom. The van der Waals surface area contributed by atoms with Crippen LogP contribution in [0.1, 0.15) is 5.56 Å². The second-order valence-electron chi connectivity index (χ2n) is 7.00. The molecule has 1 aliphatic heterocycles. The molecule has 1 fully saturated rings. The van der Waals surface area contributed by atoms with E-state index in [4.69, 9.17) is 0 Å². The van der Waals surface area contributed by atoms with Gasteiger partial charge in [0, 0.05) is 48.0 Å². The second-order valence-corrected chi connectivity index (χ2v) is 9.14. The first kappa shape index (κ1) is 19.3. The number of hydrogen-bond acceptors (Lipinski definition) is 6. The van der Waals surface area contributed by atoms with Crippen LogP contribution < -0.4 is 10.5 Å². The Hall–Kier alpha value is -2.65. The highest BCUT2D eigenvalue weighted by atomic mass is 79.9. The first-order valence-electron chi connectivity index (χ1n) is 9.69. The van der Waals surface area contributed by atoms with E-state index in [1.807, 2.05) is 58.6 Å². The first-order valence-corrected chi connectivity index (χ1v) is 11.6. The summed E-state index contributed by atoms with van der Waals surface area (Å²) in [6.07, 6.45) is 7.44. The fourth-order valence-electron chi connectivity index (χ4n) is 3.67. The molecule has 0 N–H and O–H groups in total. The van der Waals surface area contributed by atoms with Crippen molar-refractivity contribution in [2.75, 3.05) is 29.5 Å². The molecular weight excluding hydrogens is 464 g/mol. The fourth-order valence-corrected chi connectivity index (χ4v) is 4.93. The third-order valence-electron chi connectivity index (χ3n) is 5.12. The SMILES string of the molecule is O=c1c2cc(Br)ccc2n2c(N3CCSCC3)nnc2n1C/C=C/c1cccnc1. The first-order chi connectivity index (χ1) is 14.7. The van der Waals surface area contributed by atoms with Crippen LogP contribution in [0, 0.1) is 0 Å². The number of aromatic nitrogens is 5. The van der Waals surface area contributed by atoms with Gasteiger partial charge in [-0.25, -0.2) is 4.40 Å². The number of pyridine rings is 1. The molecule has 0 bridgehead atoms. The number of nitrogens with zero attached hydrogens (tertiary/aromatic N) is 6. The molecule has 0 spiro atoms. The third-order valence-corrected chi connectivity index (χ3v) is 6.56. The lowest BCUT2D eigenvalue weighted by Gasteiger charge is -2.26. The largest absolute Gasteiger partial charge is 0.339 e. The van der Waals surface area contributed by atoms with E-state index in [1.165, 1.54) is 0 Å². The monoisotopic (exact) mass is 482 g/mol. The molecule has 0 radical (unpaired) electrons. The molecule has 1 aromatic carbocycles. The average molecular weight is 483 g/mol. The third kappa shape index (κ3) is 3.52. The predicted octanol–water partition coefficient (Wildman–Crippen LogP) is 3.47. The second kappa shape index (κ2) is 8.23. The number of benzene rings is 1. The molecule has 4 heterocycles. The van der Waals surface area contributed by atoms with E-state index in [2.05, 4.69) is 36.0 Å². The quantitative estimate of drug-likeness (QED) is 0.443. The van der Waals surface area contributed by atoms with Crippen molar-refractivity contribution >= 4 is 56.4 Å². The van der Waals surface area contributed by atoms with Crippen LogP contribution in [0.2, 0.25) is 0 Å². The highest BCUT2D eigenvalue weighted by molar-refractivity contribution is 9.10. The van der Waals surface area contributed by atoms with Crippen molar-refractivity contribution in [1.29, 1.82) is 0 Å². The Kier molecular flexibility index (Phi) is 5.30. The standard InChI is InChI=1S/C21H19BrN6OS/c22-16-5-6-18-17(13-16)19(29)27(8-2-4-15-3-1-7-23-14-15)21-25-24-20(28(18)21)26-9-11-30-12-10-26/h1-7,13-14H,8-12H2/b4-2+. The average Bonchev–Trinajstić information content (AvgIpc) is 3.22. The zero-order chi connectivity index (χ0) is 20.5. The predicted molar refractivity (Wildman–Crippen MR) is 125 cm³/mol. The summed E-state index contributed by atoms with van der Waals surface area (Å²) in [7, 11) is 0. The molecule has 7 nitrogen and oxygen atoms in total. The van der Waals surface area contributed by atoms with Crippen molar-refractivity contribution in [3.63, 3.8) is 0 Å². The van der Waals surface area contributed by atoms with E-state index in [0.717, 1.165) is 46.1 Å². The number of allylic oxidation sites excluding steroid dienone is 1. The molecule has 1 saturated heterocycles. The minimum absolute atomic E-state index is 0.0808. The minimum atomic E-state index is -0.0808. The molecular formula is C21H19BrN6OS. The van der Waals surface area contributed by atoms with Crippen LogP contribution >= 0.6 is 27.7 Å². The van der Waals surface area contributed by atoms with Gasteiger partial charge in [0.1, 0.15) is 0 Å². The van der Waals surface area contributed by atoms with Gasteiger partial charge >= 0.3 is 0 Å². The van der Waals surface area contributed by atoms with Crippen LogP contribution in [0.15, 0.2) is 58.1 Å². The Morgan fingerprint density at radius 1 is 1.17 bits per heavy atom. The van der Waals surface area contributed by atoms with Crippen LogP contribution in [-0.2, 0) is 6.54 Å². The Labute approximate surface area is 185 Å². The lowest BCUT2D eigenvalue weighted by atomic mass is 10.2. The summed E-state index contributed by atoms with van der Waals surface area (Å²) in [5.41, 5.74) is 1.73. The highest BCUT2D eigenvalue weighted by Crippen LogP contribution is 2.24. The van der Waals surface area contributed by atoms with E-state index in [9.17, 15) is 4.79 Å². The van der Waals surface area contributed by atoms with Gasteiger partial charge in [0.15, 0.2) is 0 Å². The van der Waals surface area contributed by atoms with Crippen molar-refractivity contribution in [1.82, 2.24) is 24.1 Å². The van der Waals surface area contributed by atoms with Gasteiger partial charge in [-0.2, -0.15) is 11.8 Å². The van der Waals surface area contributed by atoms with Gasteiger partial charge in [-0.15, -0.1) is 10.2 Å². The van der Waals surface area contributed by atoms with E-state index >= 15 is 0 Å². The maximum atomic E-state index is 13.3. The zero-order valence-electron chi connectivity index (χ0n) is 16.1. The smallest absolute Gasteiger partial charge is 0.263 e. The van der Waals surface area contributed by atoms with E-state index in [1.54, 1.807) is 17.0 Å². The van der Waals surface area contributed by atoms with Crippen molar-refractivity contribution in [3.8, 4) is 0 Å². The van der Waals surface area contributed by atoms with Gasteiger partial charge in [0.2, 0.25) is 11.7 Å². The molecule has 30 heavy (non-hydrogen) atoms. The van der Waals surface area contributed by atoms with Gasteiger partial charge in [0.05, 0.1) is 10.9 Å². The number of halogens is 1. The minimum Gasteiger partial charge on any atom is -0.339 e. The molecule has 3 aromatic heterocycles. The van der Waals surface area contributed by atoms with Crippen molar-refractivity contribution in [2.24, 2.45) is 0 Å². The summed E-state index contributed by atoms with van der Waals surface area (Å²) in [5, 5.41) is 9.54. The van der Waals surface area contributed by atoms with E-state index < -0.39 is 0 Å². The normalized spacial score (nSPS) is 14.9. The lowest BCUT2D eigenvalue weighted by Crippen LogP contribution is -2.34. The molecule has 0 atom stereocenters. The van der Waals surface area contributed by atoms with Gasteiger partial charge < -0.3 is 4.90 Å². The Morgan fingerprint density at radius 3 is 2.83 bits per heavy atom.